The largest absolute Gasteiger partial charge is 0.468 e. The van der Waals surface area contributed by atoms with E-state index in [0.717, 1.165) is 0 Å². The lowest BCUT2D eigenvalue weighted by atomic mass is 10.2. The van der Waals surface area contributed by atoms with Gasteiger partial charge in [-0.15, -0.1) is 0 Å². The first-order valence-corrected chi connectivity index (χ1v) is 6.25. The molecule has 2 N–H and O–H groups in total. The quantitative estimate of drug-likeness (QED) is 0.759. The third kappa shape index (κ3) is 3.07. The van der Waals surface area contributed by atoms with Gasteiger partial charge in [0.15, 0.2) is 11.2 Å². The molecule has 0 radical (unpaired) electrons. The number of imidazole rings is 1. The number of amides is 1. The van der Waals surface area contributed by atoms with Crippen LogP contribution in [0, 0.1) is 5.92 Å². The Balaban J connectivity index is 2.38. The zero-order valence-corrected chi connectivity index (χ0v) is 11.8. The highest BCUT2D eigenvalue weighted by atomic mass is 16.5. The topological polar surface area (TPSA) is 119 Å². The molecule has 0 aliphatic carbocycles. The number of hydrogen-bond acceptors (Lipinski definition) is 6. The summed E-state index contributed by atoms with van der Waals surface area (Å²) in [6, 6.07) is 0. The van der Waals surface area contributed by atoms with E-state index in [-0.39, 0.29) is 35.5 Å². The predicted molar refractivity (Wildman–Crippen MR) is 73.6 cm³/mol. The molecule has 0 fully saturated rings. The van der Waals surface area contributed by atoms with E-state index >= 15 is 0 Å². The van der Waals surface area contributed by atoms with Crippen molar-refractivity contribution in [2.24, 2.45) is 5.92 Å². The smallest absolute Gasteiger partial charge is 0.325 e. The van der Waals surface area contributed by atoms with Crippen LogP contribution >= 0.6 is 0 Å². The molecule has 0 aliphatic rings. The molecule has 0 saturated heterocycles. The molecule has 0 bridgehead atoms. The van der Waals surface area contributed by atoms with Crippen molar-refractivity contribution in [2.45, 2.75) is 20.4 Å². The summed E-state index contributed by atoms with van der Waals surface area (Å²) in [6.07, 6.45) is 1.32. The first-order chi connectivity index (χ1) is 9.92. The summed E-state index contributed by atoms with van der Waals surface area (Å²) in [4.78, 5) is 45.3. The van der Waals surface area contributed by atoms with E-state index in [1.807, 2.05) is 0 Å². The van der Waals surface area contributed by atoms with Gasteiger partial charge in [0, 0.05) is 5.92 Å². The van der Waals surface area contributed by atoms with Gasteiger partial charge in [-0.25, -0.2) is 4.98 Å². The van der Waals surface area contributed by atoms with Crippen molar-refractivity contribution in [1.29, 1.82) is 0 Å². The Morgan fingerprint density at radius 1 is 1.48 bits per heavy atom. The molecule has 2 aromatic heterocycles. The number of H-pyrrole nitrogens is 1. The van der Waals surface area contributed by atoms with Crippen LogP contribution in [0.25, 0.3) is 11.2 Å². The van der Waals surface area contributed by atoms with Crippen molar-refractivity contribution in [3.63, 3.8) is 0 Å². The predicted octanol–water partition coefficient (Wildman–Crippen LogP) is -0.113. The molecule has 0 unspecified atom stereocenters. The van der Waals surface area contributed by atoms with Crippen LogP contribution < -0.4 is 10.9 Å². The van der Waals surface area contributed by atoms with Crippen LogP contribution in [0.4, 0.5) is 5.95 Å². The Labute approximate surface area is 119 Å². The molecule has 2 heterocycles. The molecule has 9 nitrogen and oxygen atoms in total. The number of ether oxygens (including phenoxy) is 1. The lowest BCUT2D eigenvalue weighted by molar-refractivity contribution is -0.141. The Hall–Kier alpha value is -2.71. The third-order valence-electron chi connectivity index (χ3n) is 2.78. The zero-order chi connectivity index (χ0) is 15.6. The summed E-state index contributed by atoms with van der Waals surface area (Å²) < 4.78 is 5.87. The number of rotatable bonds is 4. The van der Waals surface area contributed by atoms with Gasteiger partial charge in [-0.3, -0.25) is 24.7 Å². The van der Waals surface area contributed by atoms with Crippen LogP contribution in [-0.4, -0.2) is 38.5 Å². The lowest BCUT2D eigenvalue weighted by Gasteiger charge is -2.06. The molecule has 21 heavy (non-hydrogen) atoms. The molecular weight excluding hydrogens is 278 g/mol. The molecule has 2 aromatic rings. The maximum atomic E-state index is 12.0. The number of methoxy groups -OCH3 is 1. The lowest BCUT2D eigenvalue weighted by Crippen LogP contribution is -2.23. The van der Waals surface area contributed by atoms with Gasteiger partial charge in [-0.1, -0.05) is 13.8 Å². The normalized spacial score (nSPS) is 10.9. The first-order valence-electron chi connectivity index (χ1n) is 6.25. The summed E-state index contributed by atoms with van der Waals surface area (Å²) in [6.45, 7) is 3.30. The SMILES string of the molecule is COC(=O)Cn1cnc2nc(NC(=O)C(C)C)[nH]c(=O)c21. The molecule has 0 spiro atoms. The summed E-state index contributed by atoms with van der Waals surface area (Å²) in [5.74, 6) is -1.00. The second kappa shape index (κ2) is 5.73. The fraction of sp³-hybridized carbons (Fsp3) is 0.417. The number of aromatic amines is 1. The van der Waals surface area contributed by atoms with Crippen molar-refractivity contribution >= 4 is 29.0 Å². The van der Waals surface area contributed by atoms with Crippen molar-refractivity contribution in [3.05, 3.63) is 16.7 Å². The van der Waals surface area contributed by atoms with E-state index in [9.17, 15) is 14.4 Å². The van der Waals surface area contributed by atoms with Gasteiger partial charge in [-0.2, -0.15) is 4.98 Å². The minimum atomic E-state index is -0.508. The van der Waals surface area contributed by atoms with Crippen LogP contribution in [-0.2, 0) is 20.9 Å². The van der Waals surface area contributed by atoms with Gasteiger partial charge in [0.1, 0.15) is 6.54 Å². The van der Waals surface area contributed by atoms with Gasteiger partial charge in [0.05, 0.1) is 13.4 Å². The van der Waals surface area contributed by atoms with E-state index in [1.54, 1.807) is 13.8 Å². The van der Waals surface area contributed by atoms with Gasteiger partial charge >= 0.3 is 5.97 Å². The molecular formula is C12H15N5O4. The second-order valence-corrected chi connectivity index (χ2v) is 4.68. The number of aromatic nitrogens is 4. The molecule has 0 atom stereocenters. The van der Waals surface area contributed by atoms with Gasteiger partial charge in [-0.05, 0) is 0 Å². The van der Waals surface area contributed by atoms with E-state index in [2.05, 4.69) is 25.0 Å². The van der Waals surface area contributed by atoms with Crippen LogP contribution in [0.5, 0.6) is 0 Å². The fourth-order valence-electron chi connectivity index (χ4n) is 1.63. The van der Waals surface area contributed by atoms with E-state index in [0.29, 0.717) is 0 Å². The maximum absolute atomic E-state index is 12.0. The molecule has 2 rings (SSSR count). The van der Waals surface area contributed by atoms with E-state index in [4.69, 9.17) is 0 Å². The van der Waals surface area contributed by atoms with Crippen molar-refractivity contribution in [1.82, 2.24) is 19.5 Å². The second-order valence-electron chi connectivity index (χ2n) is 4.68. The number of anilines is 1. The zero-order valence-electron chi connectivity index (χ0n) is 11.8. The van der Waals surface area contributed by atoms with Crippen LogP contribution in [0.15, 0.2) is 11.1 Å². The minimum absolute atomic E-state index is 0.0227. The van der Waals surface area contributed by atoms with Gasteiger partial charge < -0.3 is 9.30 Å². The molecule has 1 amide bonds. The van der Waals surface area contributed by atoms with Gasteiger partial charge in [0.25, 0.3) is 5.56 Å². The maximum Gasteiger partial charge on any atom is 0.325 e. The molecule has 0 aromatic carbocycles. The third-order valence-corrected chi connectivity index (χ3v) is 2.78. The Bertz CT molecular complexity index is 746. The molecule has 9 heteroatoms. The highest BCUT2D eigenvalue weighted by Crippen LogP contribution is 2.08. The molecule has 0 saturated carbocycles. The monoisotopic (exact) mass is 293 g/mol. The number of hydrogen-bond donors (Lipinski definition) is 2. The number of esters is 1. The number of nitrogens with one attached hydrogen (secondary N) is 2. The Kier molecular flexibility index (Phi) is 4.01. The van der Waals surface area contributed by atoms with Crippen molar-refractivity contribution in [3.8, 4) is 0 Å². The van der Waals surface area contributed by atoms with Crippen LogP contribution in [0.3, 0.4) is 0 Å². The summed E-state index contributed by atoms with van der Waals surface area (Å²) in [5.41, 5.74) is -0.217. The van der Waals surface area contributed by atoms with E-state index < -0.39 is 11.5 Å². The number of carbonyl (C=O) groups excluding carboxylic acids is 2. The van der Waals surface area contributed by atoms with E-state index in [1.165, 1.54) is 18.0 Å². The molecule has 112 valence electrons. The number of nitrogens with zero attached hydrogens (tertiary/aromatic N) is 3. The Morgan fingerprint density at radius 3 is 2.81 bits per heavy atom. The number of carbonyl (C=O) groups is 2. The standard InChI is InChI=1S/C12H15N5O4/c1-6(2)10(19)15-12-14-9-8(11(20)16-12)17(5-13-9)4-7(18)21-3/h5-6H,4H2,1-3H3,(H2,14,15,16,19,20). The average molecular weight is 293 g/mol. The van der Waals surface area contributed by atoms with Gasteiger partial charge in [0.2, 0.25) is 11.9 Å². The Morgan fingerprint density at radius 2 is 2.19 bits per heavy atom. The minimum Gasteiger partial charge on any atom is -0.468 e. The average Bonchev–Trinajstić information content (AvgIpc) is 2.81. The molecule has 0 aliphatic heterocycles. The highest BCUT2D eigenvalue weighted by molar-refractivity contribution is 5.91. The highest BCUT2D eigenvalue weighted by Gasteiger charge is 2.15. The fourth-order valence-corrected chi connectivity index (χ4v) is 1.63. The summed E-state index contributed by atoms with van der Waals surface area (Å²) >= 11 is 0. The summed E-state index contributed by atoms with van der Waals surface area (Å²) in [7, 11) is 1.25. The summed E-state index contributed by atoms with van der Waals surface area (Å²) in [5, 5.41) is 2.49. The van der Waals surface area contributed by atoms with Crippen LogP contribution in [0.2, 0.25) is 0 Å². The van der Waals surface area contributed by atoms with Crippen molar-refractivity contribution < 1.29 is 14.3 Å². The number of fused-ring (bicyclic) bond motifs is 1. The first kappa shape index (κ1) is 14.7. The van der Waals surface area contributed by atoms with Crippen LogP contribution in [0.1, 0.15) is 13.8 Å². The van der Waals surface area contributed by atoms with Crippen molar-refractivity contribution in [2.75, 3.05) is 12.4 Å².